The monoisotopic (exact) mass is 391 g/mol. The topological polar surface area (TPSA) is 117 Å². The third-order valence-electron chi connectivity index (χ3n) is 4.22. The maximum atomic E-state index is 12.7. The van der Waals surface area contributed by atoms with Gasteiger partial charge in [-0.1, -0.05) is 36.4 Å². The van der Waals surface area contributed by atoms with Crippen LogP contribution in [0.1, 0.15) is 21.9 Å². The fourth-order valence-electron chi connectivity index (χ4n) is 2.92. The van der Waals surface area contributed by atoms with Crippen molar-refractivity contribution in [3.05, 3.63) is 88.2 Å². The molecule has 0 unspecified atom stereocenters. The largest absolute Gasteiger partial charge is 0.493 e. The normalized spacial score (nSPS) is 10.8. The molecule has 0 saturated carbocycles. The van der Waals surface area contributed by atoms with Crippen LogP contribution in [0.5, 0.6) is 11.6 Å². The molecule has 0 atom stereocenters. The van der Waals surface area contributed by atoms with Crippen LogP contribution in [0.4, 0.5) is 0 Å². The number of nitrogens with one attached hydrogen (secondary N) is 2. The Kier molecular flexibility index (Phi) is 4.98. The van der Waals surface area contributed by atoms with Crippen molar-refractivity contribution in [1.29, 1.82) is 0 Å². The van der Waals surface area contributed by atoms with Crippen LogP contribution < -0.4 is 15.6 Å². The Morgan fingerprint density at radius 3 is 2.69 bits per heavy atom. The van der Waals surface area contributed by atoms with Gasteiger partial charge in [0.15, 0.2) is 5.76 Å². The highest BCUT2D eigenvalue weighted by Gasteiger charge is 2.21. The van der Waals surface area contributed by atoms with Gasteiger partial charge in [0.1, 0.15) is 23.8 Å². The fourth-order valence-corrected chi connectivity index (χ4v) is 2.92. The zero-order valence-corrected chi connectivity index (χ0v) is 15.2. The summed E-state index contributed by atoms with van der Waals surface area (Å²) in [5, 5.41) is 12.8. The van der Waals surface area contributed by atoms with Gasteiger partial charge in [-0.3, -0.25) is 9.59 Å². The third kappa shape index (κ3) is 4.11. The van der Waals surface area contributed by atoms with Crippen molar-refractivity contribution in [2.24, 2.45) is 0 Å². The molecule has 8 heteroatoms. The number of furan rings is 1. The SMILES string of the molecule is O=C(NCc1nc(O)cc(=O)[nH]1)c1oc2ccccc2c1COc1ccccc1. The summed E-state index contributed by atoms with van der Waals surface area (Å²) in [5.41, 5.74) is 0.662. The van der Waals surface area contributed by atoms with Gasteiger partial charge in [-0.2, -0.15) is 4.98 Å². The first-order valence-electron chi connectivity index (χ1n) is 8.86. The molecule has 0 aliphatic heterocycles. The van der Waals surface area contributed by atoms with Gasteiger partial charge in [0.25, 0.3) is 11.5 Å². The number of hydrogen-bond acceptors (Lipinski definition) is 6. The van der Waals surface area contributed by atoms with Gasteiger partial charge in [-0.25, -0.2) is 0 Å². The van der Waals surface area contributed by atoms with Crippen LogP contribution >= 0.6 is 0 Å². The molecule has 0 bridgehead atoms. The Balaban J connectivity index is 1.58. The fraction of sp³-hybridized carbons (Fsp3) is 0.0952. The summed E-state index contributed by atoms with van der Waals surface area (Å²) in [6, 6.07) is 17.5. The van der Waals surface area contributed by atoms with Crippen molar-refractivity contribution < 1.29 is 19.1 Å². The van der Waals surface area contributed by atoms with E-state index >= 15 is 0 Å². The van der Waals surface area contributed by atoms with Crippen molar-refractivity contribution >= 4 is 16.9 Å². The second-order valence-electron chi connectivity index (χ2n) is 6.24. The van der Waals surface area contributed by atoms with Crippen LogP contribution in [-0.4, -0.2) is 21.0 Å². The maximum absolute atomic E-state index is 12.7. The Hall–Kier alpha value is -4.07. The number of para-hydroxylation sites is 2. The number of hydrogen-bond donors (Lipinski definition) is 3. The van der Waals surface area contributed by atoms with Gasteiger partial charge >= 0.3 is 0 Å². The van der Waals surface area contributed by atoms with Crippen LogP contribution in [-0.2, 0) is 13.2 Å². The molecule has 0 fully saturated rings. The summed E-state index contributed by atoms with van der Waals surface area (Å²) >= 11 is 0. The number of amides is 1. The van der Waals surface area contributed by atoms with Crippen LogP contribution in [0.3, 0.4) is 0 Å². The zero-order chi connectivity index (χ0) is 20.2. The van der Waals surface area contributed by atoms with Crippen molar-refractivity contribution in [1.82, 2.24) is 15.3 Å². The summed E-state index contributed by atoms with van der Waals surface area (Å²) in [6.45, 7) is 0.0590. The van der Waals surface area contributed by atoms with E-state index in [-0.39, 0.29) is 24.7 Å². The number of ether oxygens (including phenoxy) is 1. The molecule has 146 valence electrons. The van der Waals surface area contributed by atoms with Crippen molar-refractivity contribution in [2.75, 3.05) is 0 Å². The molecule has 0 aliphatic rings. The van der Waals surface area contributed by atoms with Crippen LogP contribution in [0.25, 0.3) is 11.0 Å². The minimum atomic E-state index is -0.512. The molecule has 0 spiro atoms. The Bertz CT molecular complexity index is 1210. The number of carbonyl (C=O) groups is 1. The highest BCUT2D eigenvalue weighted by molar-refractivity contribution is 5.99. The quantitative estimate of drug-likeness (QED) is 0.465. The summed E-state index contributed by atoms with van der Waals surface area (Å²) < 4.78 is 11.6. The van der Waals surface area contributed by atoms with Crippen molar-refractivity contribution in [2.45, 2.75) is 13.2 Å². The van der Waals surface area contributed by atoms with Crippen molar-refractivity contribution in [3.8, 4) is 11.6 Å². The second kappa shape index (κ2) is 7.89. The Labute approximate surface area is 164 Å². The lowest BCUT2D eigenvalue weighted by Gasteiger charge is -2.07. The lowest BCUT2D eigenvalue weighted by Crippen LogP contribution is -2.26. The number of rotatable bonds is 6. The molecule has 4 aromatic rings. The van der Waals surface area contributed by atoms with E-state index < -0.39 is 17.3 Å². The molecule has 0 aliphatic carbocycles. The first-order chi connectivity index (χ1) is 14.1. The number of nitrogens with zero attached hydrogens (tertiary/aromatic N) is 1. The number of H-pyrrole nitrogens is 1. The number of carbonyl (C=O) groups excluding carboxylic acids is 1. The molecule has 4 rings (SSSR count). The number of benzene rings is 2. The summed E-state index contributed by atoms with van der Waals surface area (Å²) in [6.07, 6.45) is 0. The molecule has 1 amide bonds. The minimum Gasteiger partial charge on any atom is -0.493 e. The average Bonchev–Trinajstić information content (AvgIpc) is 3.09. The average molecular weight is 391 g/mol. The van der Waals surface area contributed by atoms with E-state index in [0.717, 1.165) is 11.5 Å². The van der Waals surface area contributed by atoms with E-state index in [4.69, 9.17) is 9.15 Å². The lowest BCUT2D eigenvalue weighted by molar-refractivity contribution is 0.0920. The zero-order valence-electron chi connectivity index (χ0n) is 15.2. The highest BCUT2D eigenvalue weighted by atomic mass is 16.5. The van der Waals surface area contributed by atoms with Gasteiger partial charge in [0.2, 0.25) is 5.88 Å². The van der Waals surface area contributed by atoms with Crippen LogP contribution in [0.15, 0.2) is 69.9 Å². The molecule has 0 radical (unpaired) electrons. The van der Waals surface area contributed by atoms with Gasteiger partial charge in [0.05, 0.1) is 12.6 Å². The minimum absolute atomic E-state index is 0.0848. The predicted molar refractivity (Wildman–Crippen MR) is 105 cm³/mol. The lowest BCUT2D eigenvalue weighted by atomic mass is 10.1. The Morgan fingerprint density at radius 2 is 1.90 bits per heavy atom. The third-order valence-corrected chi connectivity index (χ3v) is 4.22. The van der Waals surface area contributed by atoms with E-state index in [2.05, 4.69) is 15.3 Å². The Morgan fingerprint density at radius 1 is 1.14 bits per heavy atom. The molecule has 29 heavy (non-hydrogen) atoms. The van der Waals surface area contributed by atoms with Gasteiger partial charge in [-0.05, 0) is 18.2 Å². The van der Waals surface area contributed by atoms with E-state index in [1.54, 1.807) is 6.07 Å². The van der Waals surface area contributed by atoms with Gasteiger partial charge in [0, 0.05) is 10.9 Å². The summed E-state index contributed by atoms with van der Waals surface area (Å²) in [4.78, 5) is 30.4. The predicted octanol–water partition coefficient (Wildman–Crippen LogP) is 2.73. The summed E-state index contributed by atoms with van der Waals surface area (Å²) in [7, 11) is 0. The van der Waals surface area contributed by atoms with Crippen molar-refractivity contribution in [3.63, 3.8) is 0 Å². The van der Waals surface area contributed by atoms with Crippen LogP contribution in [0, 0.1) is 0 Å². The van der Waals surface area contributed by atoms with E-state index in [0.29, 0.717) is 16.9 Å². The first kappa shape index (κ1) is 18.3. The number of aromatic hydroxyl groups is 1. The molecule has 2 heterocycles. The van der Waals surface area contributed by atoms with E-state index in [9.17, 15) is 14.7 Å². The second-order valence-corrected chi connectivity index (χ2v) is 6.24. The highest BCUT2D eigenvalue weighted by Crippen LogP contribution is 2.27. The van der Waals surface area contributed by atoms with Gasteiger partial charge < -0.3 is 24.6 Å². The first-order valence-corrected chi connectivity index (χ1v) is 8.86. The molecule has 2 aromatic heterocycles. The number of fused-ring (bicyclic) bond motifs is 1. The number of aromatic nitrogens is 2. The van der Waals surface area contributed by atoms with E-state index in [1.165, 1.54) is 0 Å². The molecule has 3 N–H and O–H groups in total. The number of aromatic amines is 1. The maximum Gasteiger partial charge on any atom is 0.287 e. The molecular formula is C21H17N3O5. The molecule has 0 saturated heterocycles. The smallest absolute Gasteiger partial charge is 0.287 e. The van der Waals surface area contributed by atoms with Gasteiger partial charge in [-0.15, -0.1) is 0 Å². The molecule has 8 nitrogen and oxygen atoms in total. The molecular weight excluding hydrogens is 374 g/mol. The standard InChI is InChI=1S/C21H17N3O5/c25-18-10-19(26)24-17(23-18)11-22-21(27)20-15(12-28-13-6-2-1-3-7-13)14-8-4-5-9-16(14)29-20/h1-10H,11-12H2,(H,22,27)(H2,23,24,25,26). The molecule has 2 aromatic carbocycles. The summed E-state index contributed by atoms with van der Waals surface area (Å²) in [5.74, 6) is 0.00870. The van der Waals surface area contributed by atoms with Crippen LogP contribution in [0.2, 0.25) is 0 Å². The van der Waals surface area contributed by atoms with E-state index in [1.807, 2.05) is 48.5 Å².